The van der Waals surface area contributed by atoms with Crippen molar-refractivity contribution in [1.82, 2.24) is 5.32 Å². The predicted octanol–water partition coefficient (Wildman–Crippen LogP) is 15.5. The molecule has 7 unspecified atom stereocenters. The van der Waals surface area contributed by atoms with Crippen LogP contribution in [0.3, 0.4) is 0 Å². The minimum atomic E-state index is -1.57. The van der Waals surface area contributed by atoms with Gasteiger partial charge in [0.25, 0.3) is 0 Å². The lowest BCUT2D eigenvalue weighted by Gasteiger charge is -2.40. The average molecular weight is 1010 g/mol. The maximum Gasteiger partial charge on any atom is 0.220 e. The highest BCUT2D eigenvalue weighted by atomic mass is 16.7. The molecule has 0 saturated carbocycles. The fourth-order valence-electron chi connectivity index (χ4n) is 9.56. The number of carbonyl (C=O) groups excluding carboxylic acids is 1. The van der Waals surface area contributed by atoms with Crippen molar-refractivity contribution in [3.63, 3.8) is 0 Å². The van der Waals surface area contributed by atoms with E-state index < -0.39 is 49.5 Å². The van der Waals surface area contributed by atoms with Gasteiger partial charge < -0.3 is 40.3 Å². The molecule has 7 atom stereocenters. The summed E-state index contributed by atoms with van der Waals surface area (Å²) < 4.78 is 11.3. The van der Waals surface area contributed by atoms with Crippen LogP contribution in [-0.4, -0.2) is 87.5 Å². The number of carbonyl (C=O) groups is 1. The van der Waals surface area contributed by atoms with E-state index >= 15 is 0 Å². The number of amides is 1. The Morgan fingerprint density at radius 2 is 0.861 bits per heavy atom. The molecule has 0 aromatic heterocycles. The molecule has 72 heavy (non-hydrogen) atoms. The lowest BCUT2D eigenvalue weighted by Crippen LogP contribution is -2.60. The average Bonchev–Trinajstić information content (AvgIpc) is 3.38. The summed E-state index contributed by atoms with van der Waals surface area (Å²) in [7, 11) is 0. The highest BCUT2D eigenvalue weighted by molar-refractivity contribution is 5.76. The number of aliphatic hydroxyl groups excluding tert-OH is 5. The van der Waals surface area contributed by atoms with E-state index in [1.165, 1.54) is 193 Å². The molecule has 1 amide bonds. The Kier molecular flexibility index (Phi) is 49.4. The Balaban J connectivity index is 2.20. The monoisotopic (exact) mass is 1010 g/mol. The second-order valence-corrected chi connectivity index (χ2v) is 21.1. The smallest absolute Gasteiger partial charge is 0.220 e. The van der Waals surface area contributed by atoms with Crippen LogP contribution in [0, 0.1) is 0 Å². The molecule has 9 heteroatoms. The number of ether oxygens (including phenoxy) is 2. The molecule has 1 fully saturated rings. The molecule has 0 aliphatic carbocycles. The van der Waals surface area contributed by atoms with Gasteiger partial charge in [0.05, 0.1) is 25.4 Å². The Bertz CT molecular complexity index is 1310. The molecule has 9 nitrogen and oxygen atoms in total. The number of hydrogen-bond donors (Lipinski definition) is 6. The van der Waals surface area contributed by atoms with Gasteiger partial charge in [-0.3, -0.25) is 4.79 Å². The standard InChI is InChI=1S/C63H115NO8/c1-3-5-7-9-11-13-15-17-19-21-23-25-27-28-29-30-31-33-35-37-39-41-43-45-47-49-51-53-59(67)64-56(55-71-63-62(70)61(69)60(68)58(54-65)72-63)57(66)52-50-48-46-44-42-40-38-36-34-32-26-24-22-20-18-16-14-12-10-8-6-4-2/h5,7,11,13,17,19,23,25,50,52,56-58,60-63,65-66,68-70H,3-4,6,8-10,12,14-16,18,20-22,24,26-49,51,53-55H2,1-2H3,(H,64,67)/b7-5-,13-11-,19-17-,25-23-,52-50+. The molecule has 1 aliphatic rings. The molecule has 0 bridgehead atoms. The summed E-state index contributed by atoms with van der Waals surface area (Å²) in [5.41, 5.74) is 0. The van der Waals surface area contributed by atoms with Crippen molar-refractivity contribution in [1.29, 1.82) is 0 Å². The normalized spacial score (nSPS) is 19.6. The molecule has 1 heterocycles. The van der Waals surface area contributed by atoms with Gasteiger partial charge in [-0.15, -0.1) is 0 Å². The van der Waals surface area contributed by atoms with E-state index in [9.17, 15) is 30.3 Å². The van der Waals surface area contributed by atoms with Crippen LogP contribution in [0.1, 0.15) is 277 Å². The van der Waals surface area contributed by atoms with E-state index in [2.05, 4.69) is 67.8 Å². The van der Waals surface area contributed by atoms with Gasteiger partial charge in [-0.25, -0.2) is 0 Å². The van der Waals surface area contributed by atoms with Gasteiger partial charge in [0.1, 0.15) is 24.4 Å². The van der Waals surface area contributed by atoms with Gasteiger partial charge in [0, 0.05) is 6.42 Å². The van der Waals surface area contributed by atoms with E-state index in [-0.39, 0.29) is 12.5 Å². The second-order valence-electron chi connectivity index (χ2n) is 21.1. The summed E-state index contributed by atoms with van der Waals surface area (Å²) >= 11 is 0. The van der Waals surface area contributed by atoms with Gasteiger partial charge in [0.2, 0.25) is 5.91 Å². The first-order valence-electron chi connectivity index (χ1n) is 30.5. The maximum absolute atomic E-state index is 13.1. The van der Waals surface area contributed by atoms with Gasteiger partial charge in [-0.1, -0.05) is 274 Å². The molecule has 420 valence electrons. The third-order valence-electron chi connectivity index (χ3n) is 14.3. The molecular formula is C63H115NO8. The van der Waals surface area contributed by atoms with Crippen LogP contribution in [0.15, 0.2) is 60.8 Å². The first-order chi connectivity index (χ1) is 35.3. The van der Waals surface area contributed by atoms with Crippen molar-refractivity contribution in [2.45, 2.75) is 320 Å². The first-order valence-corrected chi connectivity index (χ1v) is 30.5. The molecule has 0 aromatic carbocycles. The number of hydrogen-bond acceptors (Lipinski definition) is 8. The van der Waals surface area contributed by atoms with Crippen LogP contribution in [0.4, 0.5) is 0 Å². The molecule has 1 aliphatic heterocycles. The highest BCUT2D eigenvalue weighted by Gasteiger charge is 2.44. The Morgan fingerprint density at radius 3 is 1.28 bits per heavy atom. The van der Waals surface area contributed by atoms with Crippen molar-refractivity contribution >= 4 is 5.91 Å². The summed E-state index contributed by atoms with van der Waals surface area (Å²) in [6.45, 7) is 3.70. The topological polar surface area (TPSA) is 149 Å². The number of allylic oxidation sites excluding steroid dienone is 9. The van der Waals surface area contributed by atoms with Crippen molar-refractivity contribution in [2.75, 3.05) is 13.2 Å². The molecular weight excluding hydrogens is 899 g/mol. The van der Waals surface area contributed by atoms with Gasteiger partial charge in [0.15, 0.2) is 6.29 Å². The molecule has 1 saturated heterocycles. The quantitative estimate of drug-likeness (QED) is 0.0261. The largest absolute Gasteiger partial charge is 0.394 e. The van der Waals surface area contributed by atoms with E-state index in [0.29, 0.717) is 6.42 Å². The number of nitrogens with one attached hydrogen (secondary N) is 1. The van der Waals surface area contributed by atoms with Crippen LogP contribution in [0.25, 0.3) is 0 Å². The van der Waals surface area contributed by atoms with Gasteiger partial charge in [-0.2, -0.15) is 0 Å². The molecule has 6 N–H and O–H groups in total. The second kappa shape index (κ2) is 52.3. The summed E-state index contributed by atoms with van der Waals surface area (Å²) in [4.78, 5) is 13.1. The lowest BCUT2D eigenvalue weighted by molar-refractivity contribution is -0.302. The predicted molar refractivity (Wildman–Crippen MR) is 304 cm³/mol. The maximum atomic E-state index is 13.1. The van der Waals surface area contributed by atoms with Crippen molar-refractivity contribution in [3.05, 3.63) is 60.8 Å². The summed E-state index contributed by atoms with van der Waals surface area (Å²) in [5, 5.41) is 54.6. The Morgan fingerprint density at radius 1 is 0.486 bits per heavy atom. The zero-order valence-corrected chi connectivity index (χ0v) is 46.7. The summed E-state index contributed by atoms with van der Waals surface area (Å²) in [6.07, 6.45) is 64.3. The minimum absolute atomic E-state index is 0.176. The molecule has 0 spiro atoms. The summed E-state index contributed by atoms with van der Waals surface area (Å²) in [6, 6.07) is -0.808. The minimum Gasteiger partial charge on any atom is -0.394 e. The molecule has 1 rings (SSSR count). The number of rotatable bonds is 52. The van der Waals surface area contributed by atoms with Crippen molar-refractivity contribution in [3.8, 4) is 0 Å². The van der Waals surface area contributed by atoms with E-state index in [1.807, 2.05) is 6.08 Å². The first kappa shape index (κ1) is 67.9. The van der Waals surface area contributed by atoms with E-state index in [0.717, 1.165) is 64.2 Å². The number of aliphatic hydroxyl groups is 5. The van der Waals surface area contributed by atoms with Crippen molar-refractivity contribution in [2.24, 2.45) is 0 Å². The number of unbranched alkanes of at least 4 members (excludes halogenated alkanes) is 34. The molecule has 0 radical (unpaired) electrons. The Labute approximate surface area is 443 Å². The zero-order valence-electron chi connectivity index (χ0n) is 46.7. The SMILES string of the molecule is CC/C=C\C/C=C\C/C=C\C/C=C\CCCCCCCCCCCCCCCCC(=O)NC(COC1OC(CO)C(O)C(O)C1O)C(O)/C=C/CCCCCCCCCCCCCCCCCCCCCC. The molecule has 0 aromatic rings. The van der Waals surface area contributed by atoms with Crippen LogP contribution < -0.4 is 5.32 Å². The van der Waals surface area contributed by atoms with E-state index in [4.69, 9.17) is 9.47 Å². The van der Waals surface area contributed by atoms with E-state index in [1.54, 1.807) is 6.08 Å². The van der Waals surface area contributed by atoms with Crippen LogP contribution in [0.5, 0.6) is 0 Å². The lowest BCUT2D eigenvalue weighted by atomic mass is 9.99. The van der Waals surface area contributed by atoms with Crippen LogP contribution >= 0.6 is 0 Å². The van der Waals surface area contributed by atoms with Gasteiger partial charge >= 0.3 is 0 Å². The van der Waals surface area contributed by atoms with Crippen molar-refractivity contribution < 1.29 is 39.8 Å². The van der Waals surface area contributed by atoms with Crippen LogP contribution in [-0.2, 0) is 14.3 Å². The highest BCUT2D eigenvalue weighted by Crippen LogP contribution is 2.23. The van der Waals surface area contributed by atoms with Crippen LogP contribution in [0.2, 0.25) is 0 Å². The fourth-order valence-corrected chi connectivity index (χ4v) is 9.56. The summed E-state index contributed by atoms with van der Waals surface area (Å²) in [5.74, 6) is -0.176. The third-order valence-corrected chi connectivity index (χ3v) is 14.3. The zero-order chi connectivity index (χ0) is 52.2. The Hall–Kier alpha value is -2.11. The fraction of sp³-hybridized carbons (Fsp3) is 0.825. The van der Waals surface area contributed by atoms with Gasteiger partial charge in [-0.05, 0) is 57.8 Å². The third kappa shape index (κ3) is 41.2.